The van der Waals surface area contributed by atoms with Crippen LogP contribution in [0, 0.1) is 0 Å². The van der Waals surface area contributed by atoms with Gasteiger partial charge in [0.15, 0.2) is 5.82 Å². The van der Waals surface area contributed by atoms with Gasteiger partial charge in [0.1, 0.15) is 5.56 Å². The van der Waals surface area contributed by atoms with Gasteiger partial charge in [0.2, 0.25) is 11.8 Å². The molecular weight excluding hydrogens is 580 g/mol. The number of carbonyl (C=O) groups is 2. The maximum atomic E-state index is 13.3. The molecule has 4 heterocycles. The number of aromatic amines is 1. The van der Waals surface area contributed by atoms with E-state index in [2.05, 4.69) is 20.7 Å². The van der Waals surface area contributed by atoms with Gasteiger partial charge >= 0.3 is 12.4 Å². The van der Waals surface area contributed by atoms with Crippen LogP contribution in [-0.2, 0) is 26.7 Å². The predicted molar refractivity (Wildman–Crippen MR) is 137 cm³/mol. The number of nitrogens with zero attached hydrogens (tertiary/aromatic N) is 4. The zero-order valence-electron chi connectivity index (χ0n) is 21.9. The lowest BCUT2D eigenvalue weighted by Gasteiger charge is -2.41. The molecule has 2 aliphatic rings. The Kier molecular flexibility index (Phi) is 8.35. The van der Waals surface area contributed by atoms with Crippen LogP contribution in [0.25, 0.3) is 0 Å². The van der Waals surface area contributed by atoms with Crippen LogP contribution in [0.5, 0.6) is 0 Å². The van der Waals surface area contributed by atoms with Gasteiger partial charge in [0.05, 0.1) is 48.8 Å². The molecule has 2 aromatic heterocycles. The second kappa shape index (κ2) is 11.3. The van der Waals surface area contributed by atoms with Crippen LogP contribution in [0.15, 0.2) is 23.3 Å². The number of carbonyl (C=O) groups excluding carboxylic acids is 2. The molecule has 41 heavy (non-hydrogen) atoms. The van der Waals surface area contributed by atoms with Crippen molar-refractivity contribution in [2.75, 3.05) is 48.4 Å². The summed E-state index contributed by atoms with van der Waals surface area (Å²) < 4.78 is 84.9. The SMILES string of the molecule is C[C@]([SiH3])(COCCC(=O)N1CCN2c3ncc(C(F)(F)F)cc3NC(=O)C[C@@H]2C1)Nc1cn[nH]c(=O)c1C(F)(F)F. The molecule has 0 radical (unpaired) electrons. The van der Waals surface area contributed by atoms with Crippen LogP contribution >= 0.6 is 0 Å². The Bertz CT molecular complexity index is 1370. The van der Waals surface area contributed by atoms with Crippen molar-refractivity contribution in [3.8, 4) is 0 Å². The number of aromatic nitrogens is 3. The van der Waals surface area contributed by atoms with Crippen molar-refractivity contribution in [3.05, 3.63) is 39.9 Å². The Hall–Kier alpha value is -3.67. The number of pyridine rings is 1. The largest absolute Gasteiger partial charge is 0.423 e. The van der Waals surface area contributed by atoms with E-state index < -0.39 is 51.8 Å². The van der Waals surface area contributed by atoms with Crippen molar-refractivity contribution in [3.63, 3.8) is 0 Å². The van der Waals surface area contributed by atoms with Crippen molar-refractivity contribution in [1.82, 2.24) is 20.1 Å². The summed E-state index contributed by atoms with van der Waals surface area (Å²) in [6.07, 6.45) is -8.03. The molecule has 0 bridgehead atoms. The number of fused-ring (bicyclic) bond motifs is 3. The van der Waals surface area contributed by atoms with Gasteiger partial charge in [-0.25, -0.2) is 10.1 Å². The van der Waals surface area contributed by atoms with Crippen LogP contribution < -0.4 is 21.1 Å². The first-order valence-corrected chi connectivity index (χ1v) is 13.5. The molecule has 4 rings (SSSR count). The standard InChI is InChI=1S/C23H27F6N7O4Si/c1-21(41,33-15-9-31-34-20(39)18(15)23(27,28)29)11-40-5-2-17(38)35-3-4-36-13(10-35)7-16(37)32-14-6-12(22(24,25)26)8-30-19(14)36/h6,8-9,13H,2-5,7,10-11H2,1,41H3,(H,32,37)(H2,33,34,39)/t13-,21+/m1/s1. The topological polar surface area (TPSA) is 133 Å². The zero-order chi connectivity index (χ0) is 30.2. The number of piperazine rings is 1. The third kappa shape index (κ3) is 7.16. The molecule has 224 valence electrons. The van der Waals surface area contributed by atoms with Crippen LogP contribution in [0.2, 0.25) is 0 Å². The maximum Gasteiger partial charge on any atom is 0.423 e. The van der Waals surface area contributed by atoms with E-state index in [0.717, 1.165) is 12.3 Å². The van der Waals surface area contributed by atoms with E-state index in [1.807, 2.05) is 0 Å². The first-order valence-electron chi connectivity index (χ1n) is 12.5. The van der Waals surface area contributed by atoms with Gasteiger partial charge in [-0.15, -0.1) is 0 Å². The molecule has 1 saturated heterocycles. The first-order chi connectivity index (χ1) is 19.0. The molecule has 2 atom stereocenters. The smallest absolute Gasteiger partial charge is 0.379 e. The van der Waals surface area contributed by atoms with Gasteiger partial charge in [0.25, 0.3) is 5.56 Å². The number of hydrogen-bond acceptors (Lipinski definition) is 8. The van der Waals surface area contributed by atoms with E-state index in [1.54, 1.807) is 16.9 Å². The van der Waals surface area contributed by atoms with Gasteiger partial charge in [-0.3, -0.25) is 14.4 Å². The summed E-state index contributed by atoms with van der Waals surface area (Å²) in [7, 11) is 0.318. The second-order valence-electron chi connectivity index (χ2n) is 10.3. The number of ether oxygens (including phenoxy) is 1. The highest BCUT2D eigenvalue weighted by Crippen LogP contribution is 2.37. The van der Waals surface area contributed by atoms with Gasteiger partial charge in [0, 0.05) is 47.7 Å². The first kappa shape index (κ1) is 30.3. The molecule has 3 N–H and O–H groups in total. The molecule has 11 nitrogen and oxygen atoms in total. The monoisotopic (exact) mass is 607 g/mol. The number of anilines is 3. The fourth-order valence-electron chi connectivity index (χ4n) is 4.70. The van der Waals surface area contributed by atoms with E-state index in [-0.39, 0.29) is 63.1 Å². The summed E-state index contributed by atoms with van der Waals surface area (Å²) in [5.74, 6) is -0.579. The van der Waals surface area contributed by atoms with Crippen molar-refractivity contribution >= 4 is 39.2 Å². The number of H-pyrrole nitrogens is 1. The van der Waals surface area contributed by atoms with Gasteiger partial charge in [-0.05, 0) is 13.0 Å². The summed E-state index contributed by atoms with van der Waals surface area (Å²) in [4.78, 5) is 44.1. The highest BCUT2D eigenvalue weighted by molar-refractivity contribution is 6.16. The van der Waals surface area contributed by atoms with E-state index in [4.69, 9.17) is 4.74 Å². The Morgan fingerprint density at radius 1 is 1.17 bits per heavy atom. The van der Waals surface area contributed by atoms with E-state index in [0.29, 0.717) is 16.4 Å². The third-order valence-corrected chi connectivity index (χ3v) is 7.07. The third-order valence-electron chi connectivity index (χ3n) is 6.53. The van der Waals surface area contributed by atoms with E-state index in [9.17, 15) is 40.7 Å². The summed E-state index contributed by atoms with van der Waals surface area (Å²) in [5, 5.41) is 9.41. The lowest BCUT2D eigenvalue weighted by Crippen LogP contribution is -2.55. The fraction of sp³-hybridized carbons (Fsp3) is 0.522. The number of halogens is 6. The van der Waals surface area contributed by atoms with E-state index in [1.165, 1.54) is 4.90 Å². The number of nitrogens with one attached hydrogen (secondary N) is 3. The number of amides is 2. The minimum atomic E-state index is -4.89. The summed E-state index contributed by atoms with van der Waals surface area (Å²) in [5.41, 5.74) is -4.27. The molecule has 0 unspecified atom stereocenters. The molecule has 2 amide bonds. The minimum absolute atomic E-state index is 0.0337. The Morgan fingerprint density at radius 2 is 1.90 bits per heavy atom. The van der Waals surface area contributed by atoms with Gasteiger partial charge in [-0.1, -0.05) is 0 Å². The summed E-state index contributed by atoms with van der Waals surface area (Å²) >= 11 is 0. The lowest BCUT2D eigenvalue weighted by molar-refractivity contribution is -0.138. The molecule has 18 heteroatoms. The normalized spacial score (nSPS) is 19.1. The maximum absolute atomic E-state index is 13.3. The molecule has 0 saturated carbocycles. The van der Waals surface area contributed by atoms with Crippen LogP contribution in [-0.4, -0.2) is 86.2 Å². The fourth-order valence-corrected chi connectivity index (χ4v) is 5.18. The van der Waals surface area contributed by atoms with Crippen LogP contribution in [0.3, 0.4) is 0 Å². The molecule has 0 aliphatic carbocycles. The molecule has 0 spiro atoms. The average Bonchev–Trinajstić information content (AvgIpc) is 2.99. The highest BCUT2D eigenvalue weighted by Gasteiger charge is 2.39. The van der Waals surface area contributed by atoms with Crippen LogP contribution in [0.1, 0.15) is 30.9 Å². The second-order valence-corrected chi connectivity index (χ2v) is 12.5. The Morgan fingerprint density at radius 3 is 2.59 bits per heavy atom. The minimum Gasteiger partial charge on any atom is -0.379 e. The molecule has 1 fully saturated rings. The van der Waals surface area contributed by atoms with Crippen molar-refractivity contribution in [1.29, 1.82) is 0 Å². The zero-order valence-corrected chi connectivity index (χ0v) is 23.9. The van der Waals surface area contributed by atoms with Crippen LogP contribution in [0.4, 0.5) is 43.5 Å². The highest BCUT2D eigenvalue weighted by atomic mass is 28.1. The number of alkyl halides is 6. The lowest BCUT2D eigenvalue weighted by atomic mass is 10.1. The summed E-state index contributed by atoms with van der Waals surface area (Å²) in [6, 6.07) is 0.339. The molecular formula is C23H27F6N7O4Si. The number of hydrogen-bond donors (Lipinski definition) is 3. The molecule has 2 aliphatic heterocycles. The quantitative estimate of drug-likeness (QED) is 0.243. The number of rotatable bonds is 7. The average molecular weight is 608 g/mol. The van der Waals surface area contributed by atoms with Gasteiger partial charge < -0.3 is 25.2 Å². The van der Waals surface area contributed by atoms with Crippen molar-refractivity contribution < 1.29 is 40.7 Å². The van der Waals surface area contributed by atoms with Crippen molar-refractivity contribution in [2.24, 2.45) is 0 Å². The Balaban J connectivity index is 1.32. The molecule has 2 aromatic rings. The predicted octanol–water partition coefficient (Wildman–Crippen LogP) is 1.16. The van der Waals surface area contributed by atoms with Crippen molar-refractivity contribution in [2.45, 2.75) is 43.3 Å². The Labute approximate surface area is 232 Å². The summed E-state index contributed by atoms with van der Waals surface area (Å²) in [6.45, 7) is 2.16. The van der Waals surface area contributed by atoms with Gasteiger partial charge in [-0.2, -0.15) is 31.4 Å². The van der Waals surface area contributed by atoms with E-state index >= 15 is 0 Å². The molecule has 0 aromatic carbocycles.